The second kappa shape index (κ2) is 11.8. The van der Waals surface area contributed by atoms with Crippen LogP contribution in [-0.2, 0) is 16.1 Å². The molecule has 2 unspecified atom stereocenters. The summed E-state index contributed by atoms with van der Waals surface area (Å²) < 4.78 is 24.4. The van der Waals surface area contributed by atoms with Crippen LogP contribution in [0.2, 0.25) is 0 Å². The standard InChI is InChI=1S/C30H32FN3O4/c1-37-24-12-8-22(9-13-24)28-27(29(35)32-14-15-33-16-18-38-19-17-33)25-4-2-3-5-26(25)30(36)34(28)20-21-6-10-23(31)11-7-21/h2-13,27-28H,14-20H2,1H3,(H,32,35)/p+1. The summed E-state index contributed by atoms with van der Waals surface area (Å²) in [5, 5.41) is 3.16. The van der Waals surface area contributed by atoms with Crippen molar-refractivity contribution in [2.75, 3.05) is 46.5 Å². The van der Waals surface area contributed by atoms with Gasteiger partial charge in [-0.05, 0) is 47.0 Å². The smallest absolute Gasteiger partial charge is 0.255 e. The van der Waals surface area contributed by atoms with Gasteiger partial charge in [-0.3, -0.25) is 9.59 Å². The Morgan fingerprint density at radius 1 is 1.05 bits per heavy atom. The van der Waals surface area contributed by atoms with Crippen LogP contribution in [0.3, 0.4) is 0 Å². The highest BCUT2D eigenvalue weighted by Gasteiger charge is 2.44. The number of carbonyl (C=O) groups excluding carboxylic acids is 2. The van der Waals surface area contributed by atoms with Gasteiger partial charge in [0.15, 0.2) is 0 Å². The maximum absolute atomic E-state index is 13.9. The minimum atomic E-state index is -0.613. The number of hydrogen-bond acceptors (Lipinski definition) is 4. The van der Waals surface area contributed by atoms with E-state index < -0.39 is 12.0 Å². The van der Waals surface area contributed by atoms with E-state index in [9.17, 15) is 14.0 Å². The maximum atomic E-state index is 13.9. The van der Waals surface area contributed by atoms with Crippen LogP contribution in [0.5, 0.6) is 5.75 Å². The van der Waals surface area contributed by atoms with Crippen molar-refractivity contribution in [2.24, 2.45) is 0 Å². The first-order valence-corrected chi connectivity index (χ1v) is 13.0. The maximum Gasteiger partial charge on any atom is 0.255 e. The molecule has 3 aromatic rings. The Bertz CT molecular complexity index is 1260. The molecular formula is C30H33FN3O4+. The fourth-order valence-electron chi connectivity index (χ4n) is 5.39. The van der Waals surface area contributed by atoms with Crippen LogP contribution >= 0.6 is 0 Å². The summed E-state index contributed by atoms with van der Waals surface area (Å²) in [7, 11) is 1.60. The summed E-state index contributed by atoms with van der Waals surface area (Å²) >= 11 is 0. The monoisotopic (exact) mass is 518 g/mol. The van der Waals surface area contributed by atoms with E-state index in [4.69, 9.17) is 9.47 Å². The molecule has 198 valence electrons. The van der Waals surface area contributed by atoms with E-state index in [1.54, 1.807) is 30.2 Å². The molecule has 0 bridgehead atoms. The normalized spacial score (nSPS) is 19.6. The third kappa shape index (κ3) is 5.56. The highest BCUT2D eigenvalue weighted by atomic mass is 19.1. The van der Waals surface area contributed by atoms with Gasteiger partial charge in [-0.2, -0.15) is 0 Å². The molecule has 5 rings (SSSR count). The number of halogens is 1. The largest absolute Gasteiger partial charge is 0.497 e. The zero-order valence-electron chi connectivity index (χ0n) is 21.5. The molecule has 1 saturated heterocycles. The summed E-state index contributed by atoms with van der Waals surface area (Å²) in [5.74, 6) is -0.543. The number of benzene rings is 3. The molecule has 0 aliphatic carbocycles. The Morgan fingerprint density at radius 3 is 2.47 bits per heavy atom. The number of morpholine rings is 1. The van der Waals surface area contributed by atoms with Crippen molar-refractivity contribution in [3.63, 3.8) is 0 Å². The fraction of sp³-hybridized carbons (Fsp3) is 0.333. The number of hydrogen-bond donors (Lipinski definition) is 2. The molecule has 0 spiro atoms. The minimum Gasteiger partial charge on any atom is -0.497 e. The van der Waals surface area contributed by atoms with E-state index in [0.29, 0.717) is 23.4 Å². The molecule has 2 aliphatic heterocycles. The number of fused-ring (bicyclic) bond motifs is 1. The number of carbonyl (C=O) groups is 2. The van der Waals surface area contributed by atoms with Gasteiger partial charge in [0.1, 0.15) is 24.7 Å². The molecular weight excluding hydrogens is 485 g/mol. The Balaban J connectivity index is 1.50. The van der Waals surface area contributed by atoms with Gasteiger partial charge in [0.05, 0.1) is 45.4 Å². The first kappa shape index (κ1) is 25.9. The number of rotatable bonds is 8. The molecule has 2 aliphatic rings. The van der Waals surface area contributed by atoms with Crippen LogP contribution in [0.4, 0.5) is 4.39 Å². The first-order chi connectivity index (χ1) is 18.5. The van der Waals surface area contributed by atoms with E-state index >= 15 is 0 Å². The molecule has 2 heterocycles. The minimum absolute atomic E-state index is 0.123. The SMILES string of the molecule is COc1ccc(C2C(C(=O)NCC[NH+]3CCOCC3)c3ccccc3C(=O)N2Cc2ccc(F)cc2)cc1. The summed E-state index contributed by atoms with van der Waals surface area (Å²) in [5.41, 5.74) is 2.84. The second-order valence-electron chi connectivity index (χ2n) is 9.75. The molecule has 2 atom stereocenters. The molecule has 38 heavy (non-hydrogen) atoms. The fourth-order valence-corrected chi connectivity index (χ4v) is 5.39. The Morgan fingerprint density at radius 2 is 1.76 bits per heavy atom. The number of quaternary nitrogens is 1. The summed E-state index contributed by atoms with van der Waals surface area (Å²) in [6, 6.07) is 20.4. The number of nitrogens with zero attached hydrogens (tertiary/aromatic N) is 1. The Hall–Kier alpha value is -3.75. The van der Waals surface area contributed by atoms with Crippen molar-refractivity contribution in [3.05, 3.63) is 101 Å². The molecule has 2 amide bonds. The zero-order chi connectivity index (χ0) is 26.5. The van der Waals surface area contributed by atoms with Crippen LogP contribution in [-0.4, -0.2) is 63.2 Å². The lowest BCUT2D eigenvalue weighted by atomic mass is 9.79. The van der Waals surface area contributed by atoms with E-state index in [1.807, 2.05) is 42.5 Å². The van der Waals surface area contributed by atoms with Crippen molar-refractivity contribution < 1.29 is 28.4 Å². The first-order valence-electron chi connectivity index (χ1n) is 13.0. The predicted molar refractivity (Wildman–Crippen MR) is 141 cm³/mol. The van der Waals surface area contributed by atoms with Gasteiger partial charge < -0.3 is 24.6 Å². The zero-order valence-corrected chi connectivity index (χ0v) is 21.5. The number of methoxy groups -OCH3 is 1. The molecule has 0 radical (unpaired) electrons. The average Bonchev–Trinajstić information content (AvgIpc) is 2.96. The van der Waals surface area contributed by atoms with E-state index in [2.05, 4.69) is 5.32 Å². The molecule has 2 N–H and O–H groups in total. The van der Waals surface area contributed by atoms with E-state index in [1.165, 1.54) is 17.0 Å². The summed E-state index contributed by atoms with van der Waals surface area (Å²) in [4.78, 5) is 30.9. The number of ether oxygens (including phenoxy) is 2. The lowest BCUT2D eigenvalue weighted by Crippen LogP contribution is -3.14. The van der Waals surface area contributed by atoms with Crippen LogP contribution in [0.25, 0.3) is 0 Å². The number of amides is 2. The molecule has 7 nitrogen and oxygen atoms in total. The molecule has 0 aromatic heterocycles. The van der Waals surface area contributed by atoms with Crippen LogP contribution < -0.4 is 15.0 Å². The lowest BCUT2D eigenvalue weighted by Gasteiger charge is -2.42. The van der Waals surface area contributed by atoms with Crippen molar-refractivity contribution in [1.29, 1.82) is 0 Å². The third-order valence-corrected chi connectivity index (χ3v) is 7.42. The van der Waals surface area contributed by atoms with Crippen molar-refractivity contribution in [3.8, 4) is 5.75 Å². The van der Waals surface area contributed by atoms with Crippen LogP contribution in [0.1, 0.15) is 39.0 Å². The summed E-state index contributed by atoms with van der Waals surface area (Å²) in [6.45, 7) is 4.92. The van der Waals surface area contributed by atoms with E-state index in [-0.39, 0.29) is 24.2 Å². The second-order valence-corrected chi connectivity index (χ2v) is 9.75. The Labute approximate surface area is 222 Å². The molecule has 8 heteroatoms. The molecule has 3 aromatic carbocycles. The van der Waals surface area contributed by atoms with Crippen molar-refractivity contribution in [1.82, 2.24) is 10.2 Å². The highest BCUT2D eigenvalue weighted by molar-refractivity contribution is 6.01. The van der Waals surface area contributed by atoms with Gasteiger partial charge >= 0.3 is 0 Å². The average molecular weight is 519 g/mol. The van der Waals surface area contributed by atoms with Gasteiger partial charge in [0.25, 0.3) is 5.91 Å². The van der Waals surface area contributed by atoms with E-state index in [0.717, 1.165) is 44.0 Å². The van der Waals surface area contributed by atoms with Gasteiger partial charge in [0.2, 0.25) is 5.91 Å². The van der Waals surface area contributed by atoms with Crippen molar-refractivity contribution >= 4 is 11.8 Å². The summed E-state index contributed by atoms with van der Waals surface area (Å²) in [6.07, 6.45) is 0. The molecule has 0 saturated carbocycles. The lowest BCUT2D eigenvalue weighted by molar-refractivity contribution is -0.906. The van der Waals surface area contributed by atoms with Gasteiger partial charge in [-0.25, -0.2) is 4.39 Å². The van der Waals surface area contributed by atoms with Crippen LogP contribution in [0.15, 0.2) is 72.8 Å². The van der Waals surface area contributed by atoms with Gasteiger partial charge in [-0.15, -0.1) is 0 Å². The topological polar surface area (TPSA) is 72.3 Å². The molecule has 1 fully saturated rings. The predicted octanol–water partition coefficient (Wildman–Crippen LogP) is 2.35. The van der Waals surface area contributed by atoms with Crippen molar-refractivity contribution in [2.45, 2.75) is 18.5 Å². The highest BCUT2D eigenvalue weighted by Crippen LogP contribution is 2.43. The number of nitrogens with one attached hydrogen (secondary N) is 2. The van der Waals surface area contributed by atoms with Gasteiger partial charge in [0, 0.05) is 12.1 Å². The quantitative estimate of drug-likeness (QED) is 0.480. The van der Waals surface area contributed by atoms with Gasteiger partial charge in [-0.1, -0.05) is 42.5 Å². The van der Waals surface area contributed by atoms with Crippen LogP contribution in [0, 0.1) is 5.82 Å². The third-order valence-electron chi connectivity index (χ3n) is 7.42. The Kier molecular flexibility index (Phi) is 8.00.